The summed E-state index contributed by atoms with van der Waals surface area (Å²) in [7, 11) is 3.14. The Balaban J connectivity index is 1.56. The predicted molar refractivity (Wildman–Crippen MR) is 104 cm³/mol. The van der Waals surface area contributed by atoms with Gasteiger partial charge < -0.3 is 24.6 Å². The second-order valence-electron chi connectivity index (χ2n) is 6.82. The number of carboxylic acid groups (broad SMARTS) is 1. The Kier molecular flexibility index (Phi) is 5.04. The first-order chi connectivity index (χ1) is 14.5. The molecule has 0 saturated carbocycles. The van der Waals surface area contributed by atoms with Crippen molar-refractivity contribution in [1.29, 1.82) is 0 Å². The zero-order chi connectivity index (χ0) is 21.3. The number of hydrogen-bond acceptors (Lipinski definition) is 7. The molecule has 12 heteroatoms. The first-order valence-corrected chi connectivity index (χ1v) is 9.20. The first kappa shape index (κ1) is 19.4. The molecule has 1 saturated heterocycles. The van der Waals surface area contributed by atoms with Crippen molar-refractivity contribution in [3.63, 3.8) is 0 Å². The molecule has 1 fully saturated rings. The summed E-state index contributed by atoms with van der Waals surface area (Å²) < 4.78 is 8.43. The largest absolute Gasteiger partial charge is 0.479 e. The zero-order valence-electron chi connectivity index (χ0n) is 16.4. The van der Waals surface area contributed by atoms with E-state index in [0.29, 0.717) is 36.8 Å². The average molecular weight is 412 g/mol. The van der Waals surface area contributed by atoms with Crippen LogP contribution in [-0.2, 0) is 7.05 Å². The number of nitrogens with one attached hydrogen (secondary N) is 1. The van der Waals surface area contributed by atoms with Gasteiger partial charge in [0.15, 0.2) is 5.82 Å². The lowest BCUT2D eigenvalue weighted by molar-refractivity contribution is 0.102. The van der Waals surface area contributed by atoms with Gasteiger partial charge in [-0.05, 0) is 18.6 Å². The van der Waals surface area contributed by atoms with E-state index < -0.39 is 12.0 Å². The number of anilines is 1. The summed E-state index contributed by atoms with van der Waals surface area (Å²) >= 11 is 0. The molecule has 3 aromatic heterocycles. The highest BCUT2D eigenvalue weighted by Crippen LogP contribution is 2.27. The molecule has 12 nitrogen and oxygen atoms in total. The predicted octanol–water partition coefficient (Wildman–Crippen LogP) is 1.26. The Bertz CT molecular complexity index is 1090. The Morgan fingerprint density at radius 1 is 1.33 bits per heavy atom. The molecule has 3 aromatic rings. The summed E-state index contributed by atoms with van der Waals surface area (Å²) in [4.78, 5) is 29.6. The third kappa shape index (κ3) is 3.66. The van der Waals surface area contributed by atoms with Crippen LogP contribution in [0.4, 0.5) is 10.6 Å². The van der Waals surface area contributed by atoms with Crippen molar-refractivity contribution >= 4 is 17.8 Å². The van der Waals surface area contributed by atoms with Crippen LogP contribution in [0.1, 0.15) is 22.8 Å². The van der Waals surface area contributed by atoms with Gasteiger partial charge >= 0.3 is 6.09 Å². The number of aryl methyl sites for hydroxylation is 1. The molecule has 1 aliphatic heterocycles. The molecule has 1 atom stereocenters. The van der Waals surface area contributed by atoms with Crippen LogP contribution in [0, 0.1) is 0 Å². The summed E-state index contributed by atoms with van der Waals surface area (Å²) in [5.41, 5.74) is 0.798. The van der Waals surface area contributed by atoms with Crippen LogP contribution < -0.4 is 10.1 Å². The Morgan fingerprint density at radius 3 is 2.90 bits per heavy atom. The van der Waals surface area contributed by atoms with Crippen LogP contribution in [-0.4, -0.2) is 71.7 Å². The number of amides is 2. The van der Waals surface area contributed by atoms with Crippen molar-refractivity contribution in [2.75, 3.05) is 25.5 Å². The minimum absolute atomic E-state index is 0.0780. The van der Waals surface area contributed by atoms with Gasteiger partial charge in [-0.2, -0.15) is 0 Å². The first-order valence-electron chi connectivity index (χ1n) is 9.20. The standard InChI is InChI=1S/C18H20N8O4/c1-24-9-12(17(23-24)30-2)16(27)21-14-5-3-4-13(20-14)15-22-19-10-26(15)11-6-7-25(8-11)18(28)29/h3-5,9-11H,6-8H2,1-2H3,(H,28,29)(H,20,21,27)/t11-/m0/s1. The van der Waals surface area contributed by atoms with E-state index in [-0.39, 0.29) is 17.5 Å². The maximum atomic E-state index is 12.6. The fourth-order valence-corrected chi connectivity index (χ4v) is 3.42. The summed E-state index contributed by atoms with van der Waals surface area (Å²) in [6.45, 7) is 0.811. The molecule has 1 aliphatic rings. The molecular formula is C18H20N8O4. The number of aromatic nitrogens is 6. The molecule has 4 heterocycles. The van der Waals surface area contributed by atoms with E-state index >= 15 is 0 Å². The van der Waals surface area contributed by atoms with Gasteiger partial charge in [-0.1, -0.05) is 6.07 Å². The number of ether oxygens (including phenoxy) is 1. The van der Waals surface area contributed by atoms with Gasteiger partial charge in [0.2, 0.25) is 5.88 Å². The van der Waals surface area contributed by atoms with Gasteiger partial charge in [-0.15, -0.1) is 15.3 Å². The zero-order valence-corrected chi connectivity index (χ0v) is 16.4. The van der Waals surface area contributed by atoms with Gasteiger partial charge in [-0.25, -0.2) is 9.78 Å². The molecule has 0 unspecified atom stereocenters. The van der Waals surface area contributed by atoms with E-state index in [1.54, 1.807) is 37.8 Å². The van der Waals surface area contributed by atoms with Crippen LogP contribution in [0.5, 0.6) is 5.88 Å². The second-order valence-corrected chi connectivity index (χ2v) is 6.82. The monoisotopic (exact) mass is 412 g/mol. The van der Waals surface area contributed by atoms with Crippen molar-refractivity contribution in [2.45, 2.75) is 12.5 Å². The summed E-state index contributed by atoms with van der Waals surface area (Å²) in [5.74, 6) is 0.646. The highest BCUT2D eigenvalue weighted by molar-refractivity contribution is 6.05. The lowest BCUT2D eigenvalue weighted by Gasteiger charge is -2.15. The van der Waals surface area contributed by atoms with E-state index in [2.05, 4.69) is 25.6 Å². The molecule has 0 aromatic carbocycles. The summed E-state index contributed by atoms with van der Waals surface area (Å²) in [6.07, 6.45) is 2.84. The Hall–Kier alpha value is -3.96. The molecule has 4 rings (SSSR count). The number of rotatable bonds is 5. The molecule has 0 bridgehead atoms. The molecule has 2 amide bonds. The normalized spacial score (nSPS) is 15.9. The van der Waals surface area contributed by atoms with Crippen LogP contribution in [0.15, 0.2) is 30.7 Å². The van der Waals surface area contributed by atoms with E-state index in [1.807, 2.05) is 4.57 Å². The third-order valence-electron chi connectivity index (χ3n) is 4.85. The quantitative estimate of drug-likeness (QED) is 0.638. The van der Waals surface area contributed by atoms with Crippen molar-refractivity contribution in [3.05, 3.63) is 36.3 Å². The van der Waals surface area contributed by atoms with E-state index in [4.69, 9.17) is 4.74 Å². The van der Waals surface area contributed by atoms with Crippen LogP contribution in [0.25, 0.3) is 11.5 Å². The van der Waals surface area contributed by atoms with Crippen LogP contribution in [0.2, 0.25) is 0 Å². The van der Waals surface area contributed by atoms with E-state index in [9.17, 15) is 14.7 Å². The molecule has 156 valence electrons. The van der Waals surface area contributed by atoms with Gasteiger partial charge in [-0.3, -0.25) is 9.48 Å². The number of likely N-dealkylation sites (tertiary alicyclic amines) is 1. The number of pyridine rings is 1. The Labute approximate surface area is 171 Å². The molecule has 0 aliphatic carbocycles. The molecule has 2 N–H and O–H groups in total. The smallest absolute Gasteiger partial charge is 0.407 e. The number of hydrogen-bond donors (Lipinski definition) is 2. The third-order valence-corrected chi connectivity index (χ3v) is 4.85. The number of nitrogens with zero attached hydrogens (tertiary/aromatic N) is 7. The van der Waals surface area contributed by atoms with E-state index in [0.717, 1.165) is 0 Å². The fourth-order valence-electron chi connectivity index (χ4n) is 3.42. The minimum Gasteiger partial charge on any atom is -0.479 e. The van der Waals surface area contributed by atoms with E-state index in [1.165, 1.54) is 16.7 Å². The maximum absolute atomic E-state index is 12.6. The number of carbonyl (C=O) groups excluding carboxylic acids is 1. The minimum atomic E-state index is -0.944. The lowest BCUT2D eigenvalue weighted by atomic mass is 10.2. The highest BCUT2D eigenvalue weighted by Gasteiger charge is 2.29. The average Bonchev–Trinajstić information content (AvgIpc) is 3.46. The Morgan fingerprint density at radius 2 is 2.17 bits per heavy atom. The van der Waals surface area contributed by atoms with Crippen molar-refractivity contribution in [1.82, 2.24) is 34.4 Å². The number of carbonyl (C=O) groups is 2. The SMILES string of the molecule is COc1nn(C)cc1C(=O)Nc1cccc(-c2nncn2[C@H]2CCN(C(=O)O)C2)n1. The molecule has 0 spiro atoms. The van der Waals surface area contributed by atoms with Gasteiger partial charge in [0, 0.05) is 26.3 Å². The van der Waals surface area contributed by atoms with Crippen LogP contribution in [0.3, 0.4) is 0 Å². The summed E-state index contributed by atoms with van der Waals surface area (Å²) in [6, 6.07) is 5.08. The lowest BCUT2D eigenvalue weighted by Crippen LogP contribution is -2.27. The van der Waals surface area contributed by atoms with Crippen molar-refractivity contribution in [3.8, 4) is 17.4 Å². The number of methoxy groups -OCH3 is 1. The van der Waals surface area contributed by atoms with Gasteiger partial charge in [0.1, 0.15) is 23.4 Å². The van der Waals surface area contributed by atoms with Crippen molar-refractivity contribution < 1.29 is 19.4 Å². The summed E-state index contributed by atoms with van der Waals surface area (Å²) in [5, 5.41) is 24.1. The van der Waals surface area contributed by atoms with Gasteiger partial charge in [0.05, 0.1) is 13.2 Å². The second kappa shape index (κ2) is 7.81. The van der Waals surface area contributed by atoms with Crippen molar-refractivity contribution in [2.24, 2.45) is 7.05 Å². The molecular weight excluding hydrogens is 392 g/mol. The topological polar surface area (TPSA) is 140 Å². The highest BCUT2D eigenvalue weighted by atomic mass is 16.5. The van der Waals surface area contributed by atoms with Gasteiger partial charge in [0.25, 0.3) is 5.91 Å². The van der Waals surface area contributed by atoms with Crippen LogP contribution >= 0.6 is 0 Å². The molecule has 30 heavy (non-hydrogen) atoms. The maximum Gasteiger partial charge on any atom is 0.407 e. The molecule has 0 radical (unpaired) electrons. The fraction of sp³-hybridized carbons (Fsp3) is 0.333.